The van der Waals surface area contributed by atoms with Crippen molar-refractivity contribution < 1.29 is 31.2 Å². The van der Waals surface area contributed by atoms with Gasteiger partial charge in [-0.05, 0) is 73.6 Å². The second-order valence-electron chi connectivity index (χ2n) is 9.89. The molecular formula is C26H28F3N5O4S. The minimum atomic E-state index is -4.78. The van der Waals surface area contributed by atoms with Crippen molar-refractivity contribution >= 4 is 33.0 Å². The van der Waals surface area contributed by atoms with E-state index in [1.807, 2.05) is 0 Å². The number of benzene rings is 1. The van der Waals surface area contributed by atoms with Gasteiger partial charge in [0.25, 0.3) is 5.91 Å². The fourth-order valence-corrected chi connectivity index (χ4v) is 6.77. The number of anilines is 1. The molecule has 2 aromatic heterocycles. The third-order valence-electron chi connectivity index (χ3n) is 7.27. The standard InChI is InChI=1S/C26H28F3N5O4S/c1-17(35)30-20-4-6-21(7-5-20)39(37,38)33-13-8-18(9-14-33)19-10-15-34-22(16-19)23(24(31-34)26(27,28)29)25(36)32-11-2-3-12-32/h4-7,10,15-16,18H,2-3,8-9,11-14H2,1H3,(H,30,35). The highest BCUT2D eigenvalue weighted by atomic mass is 32.2. The molecule has 0 bridgehead atoms. The first-order valence-corrected chi connectivity index (χ1v) is 14.2. The molecule has 13 heteroatoms. The molecule has 2 fully saturated rings. The molecule has 2 saturated heterocycles. The van der Waals surface area contributed by atoms with Gasteiger partial charge in [0.05, 0.1) is 16.0 Å². The number of alkyl halides is 3. The largest absolute Gasteiger partial charge is 0.436 e. The first-order valence-electron chi connectivity index (χ1n) is 12.7. The normalized spacial score (nSPS) is 17.6. The molecule has 208 valence electrons. The van der Waals surface area contributed by atoms with Crippen molar-refractivity contribution in [3.63, 3.8) is 0 Å². The van der Waals surface area contributed by atoms with Crippen LogP contribution in [0.4, 0.5) is 18.9 Å². The summed E-state index contributed by atoms with van der Waals surface area (Å²) in [5.41, 5.74) is -0.294. The zero-order valence-corrected chi connectivity index (χ0v) is 22.1. The number of pyridine rings is 1. The SMILES string of the molecule is CC(=O)Nc1ccc(S(=O)(=O)N2CCC(c3ccn4nc(C(F)(F)F)c(C(=O)N5CCCC5)c4c3)CC2)cc1. The minimum Gasteiger partial charge on any atom is -0.339 e. The number of carbonyl (C=O) groups excluding carboxylic acids is 2. The summed E-state index contributed by atoms with van der Waals surface area (Å²) >= 11 is 0. The number of sulfonamides is 1. The molecule has 1 N–H and O–H groups in total. The third-order valence-corrected chi connectivity index (χ3v) is 9.19. The fraction of sp³-hybridized carbons (Fsp3) is 0.423. The Morgan fingerprint density at radius 1 is 1.00 bits per heavy atom. The lowest BCUT2D eigenvalue weighted by Crippen LogP contribution is -2.37. The van der Waals surface area contributed by atoms with Crippen molar-refractivity contribution in [2.75, 3.05) is 31.5 Å². The highest BCUT2D eigenvalue weighted by Gasteiger charge is 2.42. The number of hydrogen-bond acceptors (Lipinski definition) is 5. The van der Waals surface area contributed by atoms with Crippen LogP contribution in [0.5, 0.6) is 0 Å². The van der Waals surface area contributed by atoms with E-state index in [1.165, 1.54) is 46.6 Å². The smallest absolute Gasteiger partial charge is 0.339 e. The molecular weight excluding hydrogens is 535 g/mol. The van der Waals surface area contributed by atoms with Crippen LogP contribution in [-0.4, -0.2) is 65.2 Å². The summed E-state index contributed by atoms with van der Waals surface area (Å²) in [6.45, 7) is 2.66. The molecule has 5 rings (SSSR count). The van der Waals surface area contributed by atoms with E-state index in [2.05, 4.69) is 10.4 Å². The third kappa shape index (κ3) is 5.37. The van der Waals surface area contributed by atoms with Gasteiger partial charge in [-0.15, -0.1) is 0 Å². The van der Waals surface area contributed by atoms with Crippen LogP contribution in [0.1, 0.15) is 60.1 Å². The Morgan fingerprint density at radius 3 is 2.23 bits per heavy atom. The van der Waals surface area contributed by atoms with Crippen LogP contribution in [0, 0.1) is 0 Å². The molecule has 39 heavy (non-hydrogen) atoms. The van der Waals surface area contributed by atoms with Gasteiger partial charge in [-0.2, -0.15) is 22.6 Å². The molecule has 9 nitrogen and oxygen atoms in total. The topological polar surface area (TPSA) is 104 Å². The second-order valence-corrected chi connectivity index (χ2v) is 11.8. The van der Waals surface area contributed by atoms with Gasteiger partial charge >= 0.3 is 6.18 Å². The summed E-state index contributed by atoms with van der Waals surface area (Å²) in [4.78, 5) is 25.9. The number of hydrogen-bond donors (Lipinski definition) is 1. The highest BCUT2D eigenvalue weighted by molar-refractivity contribution is 7.89. The Kier molecular flexibility index (Phi) is 7.14. The molecule has 0 atom stereocenters. The van der Waals surface area contributed by atoms with Gasteiger partial charge in [0.2, 0.25) is 15.9 Å². The lowest BCUT2D eigenvalue weighted by atomic mass is 9.90. The predicted octanol–water partition coefficient (Wildman–Crippen LogP) is 4.12. The van der Waals surface area contributed by atoms with Crippen LogP contribution in [-0.2, 0) is 21.0 Å². The van der Waals surface area contributed by atoms with E-state index in [9.17, 15) is 31.2 Å². The molecule has 2 aliphatic rings. The number of rotatable bonds is 5. The van der Waals surface area contributed by atoms with Crippen LogP contribution in [0.2, 0.25) is 0 Å². The average molecular weight is 564 g/mol. The Hall–Kier alpha value is -3.45. The first-order chi connectivity index (χ1) is 18.4. The number of fused-ring (bicyclic) bond motifs is 1. The molecule has 0 aliphatic carbocycles. The average Bonchev–Trinajstić information content (AvgIpc) is 3.56. The molecule has 2 aliphatic heterocycles. The minimum absolute atomic E-state index is 0.0948. The van der Waals surface area contributed by atoms with Gasteiger partial charge in [0, 0.05) is 45.0 Å². The van der Waals surface area contributed by atoms with Crippen LogP contribution < -0.4 is 5.32 Å². The lowest BCUT2D eigenvalue weighted by Gasteiger charge is -2.31. The summed E-state index contributed by atoms with van der Waals surface area (Å²) in [5, 5.41) is 6.29. The molecule has 0 spiro atoms. The van der Waals surface area contributed by atoms with Crippen molar-refractivity contribution in [2.45, 2.75) is 49.6 Å². The van der Waals surface area contributed by atoms with Gasteiger partial charge in [-0.3, -0.25) is 9.59 Å². The number of aromatic nitrogens is 2. The van der Waals surface area contributed by atoms with E-state index in [1.54, 1.807) is 12.1 Å². The van der Waals surface area contributed by atoms with Crippen molar-refractivity contribution in [1.29, 1.82) is 0 Å². The molecule has 0 saturated carbocycles. The van der Waals surface area contributed by atoms with Crippen molar-refractivity contribution in [1.82, 2.24) is 18.8 Å². The maximum atomic E-state index is 13.8. The van der Waals surface area contributed by atoms with E-state index in [-0.39, 0.29) is 35.3 Å². The van der Waals surface area contributed by atoms with E-state index in [0.717, 1.165) is 22.9 Å². The Labute approximate surface area is 223 Å². The summed E-state index contributed by atoms with van der Waals surface area (Å²) in [6.07, 6.45) is -0.918. The number of carbonyl (C=O) groups is 2. The van der Waals surface area contributed by atoms with Crippen molar-refractivity contribution in [2.24, 2.45) is 0 Å². The van der Waals surface area contributed by atoms with Crippen LogP contribution in [0.25, 0.3) is 5.52 Å². The number of amides is 2. The van der Waals surface area contributed by atoms with Crippen molar-refractivity contribution in [3.8, 4) is 0 Å². The molecule has 0 radical (unpaired) electrons. The quantitative estimate of drug-likeness (QED) is 0.503. The van der Waals surface area contributed by atoms with Crippen molar-refractivity contribution in [3.05, 3.63) is 59.4 Å². The van der Waals surface area contributed by atoms with Gasteiger partial charge < -0.3 is 10.2 Å². The molecule has 2 amide bonds. The van der Waals surface area contributed by atoms with Crippen LogP contribution >= 0.6 is 0 Å². The van der Waals surface area contributed by atoms with Gasteiger partial charge in [0.1, 0.15) is 0 Å². The van der Waals surface area contributed by atoms with E-state index >= 15 is 0 Å². The lowest BCUT2D eigenvalue weighted by molar-refractivity contribution is -0.141. The molecule has 4 heterocycles. The number of nitrogens with zero attached hydrogens (tertiary/aromatic N) is 4. The predicted molar refractivity (Wildman–Crippen MR) is 137 cm³/mol. The first kappa shape index (κ1) is 27.1. The zero-order chi connectivity index (χ0) is 27.9. The van der Waals surface area contributed by atoms with E-state index < -0.39 is 33.4 Å². The molecule has 1 aromatic carbocycles. The van der Waals surface area contributed by atoms with Gasteiger partial charge in [-0.25, -0.2) is 12.9 Å². The maximum Gasteiger partial charge on any atom is 0.436 e. The summed E-state index contributed by atoms with van der Waals surface area (Å²) < 4.78 is 70.3. The Bertz CT molecular complexity index is 1500. The monoisotopic (exact) mass is 563 g/mol. The van der Waals surface area contributed by atoms with E-state index in [4.69, 9.17) is 0 Å². The number of likely N-dealkylation sites (tertiary alicyclic amines) is 1. The maximum absolute atomic E-state index is 13.8. The molecule has 3 aromatic rings. The summed E-state index contributed by atoms with van der Waals surface area (Å²) in [6, 6.07) is 9.20. The zero-order valence-electron chi connectivity index (χ0n) is 21.2. The van der Waals surface area contributed by atoms with E-state index in [0.29, 0.717) is 31.6 Å². The number of nitrogens with one attached hydrogen (secondary N) is 1. The van der Waals surface area contributed by atoms with Crippen LogP contribution in [0.15, 0.2) is 47.5 Å². The number of halogens is 3. The summed E-state index contributed by atoms with van der Waals surface area (Å²) in [5.74, 6) is -1.02. The Morgan fingerprint density at radius 2 is 1.64 bits per heavy atom. The highest BCUT2D eigenvalue weighted by Crippen LogP contribution is 2.36. The summed E-state index contributed by atoms with van der Waals surface area (Å²) in [7, 11) is -3.76. The van der Waals surface area contributed by atoms with Gasteiger partial charge in [-0.1, -0.05) is 0 Å². The molecule has 0 unspecified atom stereocenters. The number of piperidine rings is 1. The van der Waals surface area contributed by atoms with Crippen LogP contribution in [0.3, 0.4) is 0 Å². The van der Waals surface area contributed by atoms with Gasteiger partial charge in [0.15, 0.2) is 5.69 Å². The fourth-order valence-electron chi connectivity index (χ4n) is 5.30. The second kappa shape index (κ2) is 10.3. The Balaban J connectivity index is 1.37.